The van der Waals surface area contributed by atoms with E-state index in [1.165, 1.54) is 19.8 Å². The molecule has 3 rings (SSSR count). The molecule has 0 unspecified atom stereocenters. The Bertz CT molecular complexity index is 1350. The van der Waals surface area contributed by atoms with Crippen LogP contribution in [-0.4, -0.2) is 35.1 Å². The number of nitrogens with one attached hydrogen (secondary N) is 1. The molecule has 0 radical (unpaired) electrons. The summed E-state index contributed by atoms with van der Waals surface area (Å²) in [6, 6.07) is 15.3. The van der Waals surface area contributed by atoms with Crippen molar-refractivity contribution in [1.82, 2.24) is 5.32 Å². The number of amides is 1. The van der Waals surface area contributed by atoms with Crippen molar-refractivity contribution in [3.8, 4) is 11.5 Å². The number of hydrogen-bond donors (Lipinski definition) is 1. The first-order chi connectivity index (χ1) is 17.0. The summed E-state index contributed by atoms with van der Waals surface area (Å²) in [4.78, 5) is 13.2. The van der Waals surface area contributed by atoms with Gasteiger partial charge in [0.05, 0.1) is 25.9 Å². The summed E-state index contributed by atoms with van der Waals surface area (Å²) in [6.07, 6.45) is 0. The second-order valence-electron chi connectivity index (χ2n) is 8.95. The van der Waals surface area contributed by atoms with Gasteiger partial charge in [-0.05, 0) is 98.8 Å². The number of aryl methyl sites for hydroxylation is 4. The number of carbonyl (C=O) groups is 1. The summed E-state index contributed by atoms with van der Waals surface area (Å²) in [7, 11) is -1.20. The third-order valence-electron chi connectivity index (χ3n) is 6.26. The van der Waals surface area contributed by atoms with Crippen molar-refractivity contribution in [2.24, 2.45) is 0 Å². The van der Waals surface area contributed by atoms with Crippen LogP contribution in [0.5, 0.6) is 11.5 Å². The first kappa shape index (κ1) is 27.1. The van der Waals surface area contributed by atoms with E-state index >= 15 is 0 Å². The van der Waals surface area contributed by atoms with Crippen LogP contribution in [0.4, 0.5) is 5.69 Å². The molecule has 1 amide bonds. The predicted molar refractivity (Wildman–Crippen MR) is 142 cm³/mol. The zero-order valence-corrected chi connectivity index (χ0v) is 22.7. The topological polar surface area (TPSA) is 84.9 Å². The molecule has 0 spiro atoms. The highest BCUT2D eigenvalue weighted by atomic mass is 32.2. The van der Waals surface area contributed by atoms with E-state index in [2.05, 4.69) is 17.4 Å². The van der Waals surface area contributed by atoms with Crippen molar-refractivity contribution < 1.29 is 22.7 Å². The van der Waals surface area contributed by atoms with Crippen molar-refractivity contribution in [3.05, 3.63) is 82.4 Å². The van der Waals surface area contributed by atoms with Gasteiger partial charge in [-0.25, -0.2) is 8.42 Å². The molecule has 1 atom stereocenters. The van der Waals surface area contributed by atoms with Gasteiger partial charge in [0.2, 0.25) is 5.91 Å². The Morgan fingerprint density at radius 1 is 0.889 bits per heavy atom. The molecule has 1 N–H and O–H groups in total. The van der Waals surface area contributed by atoms with E-state index in [9.17, 15) is 13.2 Å². The molecule has 0 fully saturated rings. The maximum atomic E-state index is 13.9. The van der Waals surface area contributed by atoms with Crippen LogP contribution in [0.3, 0.4) is 0 Å². The SMILES string of the molecule is COc1ccc(N(CC(=O)N[C@@H](C)c2cc(C)c(C)cc2C)S(=O)(=O)c2cc(C)ccc2OC)cc1. The lowest BCUT2D eigenvalue weighted by atomic mass is 9.96. The lowest BCUT2D eigenvalue weighted by molar-refractivity contribution is -0.120. The van der Waals surface area contributed by atoms with Crippen molar-refractivity contribution in [2.75, 3.05) is 25.1 Å². The summed E-state index contributed by atoms with van der Waals surface area (Å²) in [6.45, 7) is 9.37. The number of hydrogen-bond acceptors (Lipinski definition) is 5. The molecule has 3 aromatic rings. The molecule has 36 heavy (non-hydrogen) atoms. The van der Waals surface area contributed by atoms with E-state index < -0.39 is 22.5 Å². The quantitative estimate of drug-likeness (QED) is 0.437. The third-order valence-corrected chi connectivity index (χ3v) is 8.06. The van der Waals surface area contributed by atoms with Gasteiger partial charge in [0.15, 0.2) is 0 Å². The molecule has 0 aromatic heterocycles. The Hall–Kier alpha value is -3.52. The lowest BCUT2D eigenvalue weighted by Crippen LogP contribution is -2.41. The molecular weight excluding hydrogens is 476 g/mol. The number of carbonyl (C=O) groups excluding carboxylic acids is 1. The molecule has 0 saturated heterocycles. The van der Waals surface area contributed by atoms with Gasteiger partial charge in [0.25, 0.3) is 10.0 Å². The number of rotatable bonds is 9. The average Bonchev–Trinajstić information content (AvgIpc) is 2.84. The average molecular weight is 511 g/mol. The molecule has 192 valence electrons. The highest BCUT2D eigenvalue weighted by Gasteiger charge is 2.30. The number of ether oxygens (including phenoxy) is 2. The molecule has 0 heterocycles. The van der Waals surface area contributed by atoms with Crippen molar-refractivity contribution in [3.63, 3.8) is 0 Å². The first-order valence-electron chi connectivity index (χ1n) is 11.7. The summed E-state index contributed by atoms with van der Waals surface area (Å²) in [5, 5.41) is 2.97. The van der Waals surface area contributed by atoms with Crippen LogP contribution in [0.1, 0.15) is 40.8 Å². The number of sulfonamides is 1. The number of nitrogens with zero attached hydrogens (tertiary/aromatic N) is 1. The fourth-order valence-electron chi connectivity index (χ4n) is 4.11. The minimum Gasteiger partial charge on any atom is -0.497 e. The Balaban J connectivity index is 1.98. The van der Waals surface area contributed by atoms with Gasteiger partial charge in [0, 0.05) is 0 Å². The fourth-order valence-corrected chi connectivity index (χ4v) is 5.78. The van der Waals surface area contributed by atoms with Gasteiger partial charge in [0.1, 0.15) is 22.9 Å². The first-order valence-corrected chi connectivity index (χ1v) is 13.1. The largest absolute Gasteiger partial charge is 0.497 e. The normalized spacial score (nSPS) is 12.1. The number of anilines is 1. The van der Waals surface area contributed by atoms with E-state index in [0.29, 0.717) is 11.4 Å². The standard InChI is InChI=1S/C28H34N2O5S/c1-18-8-13-26(35-7)27(14-18)36(32,33)30(23-9-11-24(34-6)12-10-23)17-28(31)29-22(5)25-16-20(3)19(2)15-21(25)4/h8-16,22H,17H2,1-7H3,(H,29,31)/t22-/m0/s1. The van der Waals surface area contributed by atoms with Gasteiger partial charge in [-0.2, -0.15) is 0 Å². The van der Waals surface area contributed by atoms with Crippen molar-refractivity contribution in [2.45, 2.75) is 45.6 Å². The van der Waals surface area contributed by atoms with Crippen molar-refractivity contribution >= 4 is 21.6 Å². The predicted octanol–water partition coefficient (Wildman–Crippen LogP) is 5.01. The molecule has 0 aliphatic rings. The minimum atomic E-state index is -4.15. The summed E-state index contributed by atoms with van der Waals surface area (Å²) in [5.74, 6) is 0.359. The molecule has 0 bridgehead atoms. The second-order valence-corrected chi connectivity index (χ2v) is 10.8. The Labute approximate surface area is 214 Å². The van der Waals surface area contributed by atoms with Crippen LogP contribution in [-0.2, 0) is 14.8 Å². The molecular formula is C28H34N2O5S. The highest BCUT2D eigenvalue weighted by molar-refractivity contribution is 7.93. The fraction of sp³-hybridized carbons (Fsp3) is 0.321. The van der Waals surface area contributed by atoms with E-state index in [4.69, 9.17) is 9.47 Å². The molecule has 0 saturated carbocycles. The van der Waals surface area contributed by atoms with Gasteiger partial charge < -0.3 is 14.8 Å². The van der Waals surface area contributed by atoms with E-state index in [1.54, 1.807) is 49.4 Å². The van der Waals surface area contributed by atoms with Gasteiger partial charge >= 0.3 is 0 Å². The molecule has 7 nitrogen and oxygen atoms in total. The maximum Gasteiger partial charge on any atom is 0.268 e. The molecule has 0 aliphatic heterocycles. The van der Waals surface area contributed by atoms with E-state index in [0.717, 1.165) is 26.6 Å². The van der Waals surface area contributed by atoms with Crippen LogP contribution in [0.25, 0.3) is 0 Å². The molecule has 3 aromatic carbocycles. The Kier molecular flexibility index (Phi) is 8.30. The summed E-state index contributed by atoms with van der Waals surface area (Å²) in [5.41, 5.74) is 5.46. The van der Waals surface area contributed by atoms with Crippen LogP contribution in [0, 0.1) is 27.7 Å². The minimum absolute atomic E-state index is 0.00771. The lowest BCUT2D eigenvalue weighted by Gasteiger charge is -2.26. The summed E-state index contributed by atoms with van der Waals surface area (Å²) < 4.78 is 39.4. The zero-order chi connectivity index (χ0) is 26.6. The van der Waals surface area contributed by atoms with Crippen LogP contribution in [0.15, 0.2) is 59.5 Å². The van der Waals surface area contributed by atoms with Crippen molar-refractivity contribution in [1.29, 1.82) is 0 Å². The number of benzene rings is 3. The number of methoxy groups -OCH3 is 2. The molecule has 0 aliphatic carbocycles. The Morgan fingerprint density at radius 3 is 2.14 bits per heavy atom. The van der Waals surface area contributed by atoms with Gasteiger partial charge in [-0.1, -0.05) is 18.2 Å². The smallest absolute Gasteiger partial charge is 0.268 e. The third kappa shape index (κ3) is 5.82. The van der Waals surface area contributed by atoms with E-state index in [-0.39, 0.29) is 16.7 Å². The monoisotopic (exact) mass is 510 g/mol. The van der Waals surface area contributed by atoms with Crippen LogP contribution < -0.4 is 19.1 Å². The molecule has 8 heteroatoms. The maximum absolute atomic E-state index is 13.9. The van der Waals surface area contributed by atoms with E-state index in [1.807, 2.05) is 27.7 Å². The highest BCUT2D eigenvalue weighted by Crippen LogP contribution is 2.32. The summed E-state index contributed by atoms with van der Waals surface area (Å²) >= 11 is 0. The zero-order valence-electron chi connectivity index (χ0n) is 21.9. The van der Waals surface area contributed by atoms with Gasteiger partial charge in [-0.15, -0.1) is 0 Å². The second kappa shape index (κ2) is 11.0. The van der Waals surface area contributed by atoms with Crippen LogP contribution in [0.2, 0.25) is 0 Å². The van der Waals surface area contributed by atoms with Gasteiger partial charge in [-0.3, -0.25) is 9.10 Å². The Morgan fingerprint density at radius 2 is 1.53 bits per heavy atom. The van der Waals surface area contributed by atoms with Crippen LogP contribution >= 0.6 is 0 Å².